The Bertz CT molecular complexity index is 448. The molecule has 1 aliphatic rings. The number of unbranched alkanes of at least 4 members (excludes halogenated alkanes) is 3. The zero-order valence-electron chi connectivity index (χ0n) is 15.7. The fourth-order valence-corrected chi connectivity index (χ4v) is 2.96. The Labute approximate surface area is 156 Å². The molecule has 0 aromatic carbocycles. The van der Waals surface area contributed by atoms with Gasteiger partial charge in [-0.2, -0.15) is 0 Å². The average molecular weight is 370 g/mol. The molecule has 0 aromatic rings. The van der Waals surface area contributed by atoms with Gasteiger partial charge < -0.3 is 25.2 Å². The van der Waals surface area contributed by atoms with Gasteiger partial charge in [-0.25, -0.2) is 0 Å². The van der Waals surface area contributed by atoms with Gasteiger partial charge in [0.2, 0.25) is 0 Å². The monoisotopic (exact) mass is 370 g/mol. The minimum absolute atomic E-state index is 0.0215. The maximum Gasteiger partial charge on any atom is 0.303 e. The molecule has 0 aliphatic carbocycles. The van der Waals surface area contributed by atoms with E-state index in [0.29, 0.717) is 25.7 Å². The largest absolute Gasteiger partial charge is 0.481 e. The maximum atomic E-state index is 10.5. The van der Waals surface area contributed by atoms with E-state index in [9.17, 15) is 20.1 Å². The summed E-state index contributed by atoms with van der Waals surface area (Å²) in [6.07, 6.45) is 10.2. The molecule has 0 amide bonds. The van der Waals surface area contributed by atoms with Crippen molar-refractivity contribution in [2.24, 2.45) is 0 Å². The molecule has 5 atom stereocenters. The second-order valence-corrected chi connectivity index (χ2v) is 6.95. The van der Waals surface area contributed by atoms with Crippen LogP contribution in [0.1, 0.15) is 64.7 Å². The molecule has 0 spiro atoms. The lowest BCUT2D eigenvalue weighted by Gasteiger charge is -2.16. The zero-order valence-corrected chi connectivity index (χ0v) is 15.7. The summed E-state index contributed by atoms with van der Waals surface area (Å²) >= 11 is 0. The zero-order chi connectivity index (χ0) is 19.4. The molecule has 0 aromatic heterocycles. The van der Waals surface area contributed by atoms with Gasteiger partial charge in [-0.1, -0.05) is 44.1 Å². The number of hydrogen-bond donors (Lipinski definition) is 4. The number of carboxylic acids is 1. The first-order chi connectivity index (χ1) is 12.4. The van der Waals surface area contributed by atoms with Crippen LogP contribution in [-0.2, 0) is 9.53 Å². The number of carbonyl (C=O) groups is 1. The lowest BCUT2D eigenvalue weighted by molar-refractivity contribution is -0.137. The molecule has 6 nitrogen and oxygen atoms in total. The van der Waals surface area contributed by atoms with Crippen LogP contribution in [0.4, 0.5) is 0 Å². The molecule has 0 radical (unpaired) electrons. The van der Waals surface area contributed by atoms with Crippen LogP contribution in [0.5, 0.6) is 0 Å². The van der Waals surface area contributed by atoms with E-state index >= 15 is 0 Å². The number of aliphatic hydroxyl groups is 3. The van der Waals surface area contributed by atoms with Gasteiger partial charge >= 0.3 is 5.97 Å². The molecular formula is C20H34O6. The molecule has 6 heteroatoms. The number of aliphatic hydroxyl groups excluding tert-OH is 3. The van der Waals surface area contributed by atoms with E-state index in [0.717, 1.165) is 12.8 Å². The third-order valence-electron chi connectivity index (χ3n) is 4.55. The van der Waals surface area contributed by atoms with Gasteiger partial charge in [-0.15, -0.1) is 0 Å². The molecule has 4 N–H and O–H groups in total. The van der Waals surface area contributed by atoms with Crippen LogP contribution in [0.25, 0.3) is 0 Å². The predicted octanol–water partition coefficient (Wildman–Crippen LogP) is 2.56. The molecule has 1 rings (SSSR count). The first-order valence-corrected chi connectivity index (χ1v) is 9.68. The maximum absolute atomic E-state index is 10.5. The number of carboxylic acid groups (broad SMARTS) is 1. The van der Waals surface area contributed by atoms with Crippen LogP contribution in [0.15, 0.2) is 24.3 Å². The standard InChI is InChI=1S/C20H34O6/c1-2-3-4-5-6-7-10-16(22)19-14-17(23)18(26-19)13-12-15(21)9-8-11-20(24)25/h6-7,12-13,15-19,21-23H,2-5,8-11,14H2,1H3,(H,24,25)/b7-6-,13-12+/t15-,16+,17+,18+,19+/m0/s1. The van der Waals surface area contributed by atoms with Crippen LogP contribution >= 0.6 is 0 Å². The minimum Gasteiger partial charge on any atom is -0.481 e. The molecule has 1 saturated heterocycles. The number of rotatable bonds is 13. The predicted molar refractivity (Wildman–Crippen MR) is 99.8 cm³/mol. The molecule has 0 bridgehead atoms. The van der Waals surface area contributed by atoms with Crippen LogP contribution in [0.3, 0.4) is 0 Å². The molecule has 1 heterocycles. The summed E-state index contributed by atoms with van der Waals surface area (Å²) in [6.45, 7) is 2.16. The third kappa shape index (κ3) is 9.48. The molecule has 1 fully saturated rings. The number of aliphatic carboxylic acids is 1. The van der Waals surface area contributed by atoms with Crippen molar-refractivity contribution >= 4 is 5.97 Å². The highest BCUT2D eigenvalue weighted by molar-refractivity contribution is 5.66. The third-order valence-corrected chi connectivity index (χ3v) is 4.55. The van der Waals surface area contributed by atoms with Crippen molar-refractivity contribution in [2.45, 2.75) is 95.2 Å². The first-order valence-electron chi connectivity index (χ1n) is 9.68. The van der Waals surface area contributed by atoms with E-state index in [4.69, 9.17) is 9.84 Å². The molecule has 0 unspecified atom stereocenters. The minimum atomic E-state index is -0.882. The molecule has 150 valence electrons. The fourth-order valence-electron chi connectivity index (χ4n) is 2.96. The summed E-state index contributed by atoms with van der Waals surface area (Å²) in [5.74, 6) is -0.882. The van der Waals surface area contributed by atoms with Gasteiger partial charge in [-0.05, 0) is 32.1 Å². The van der Waals surface area contributed by atoms with E-state index in [1.807, 2.05) is 6.08 Å². The van der Waals surface area contributed by atoms with Gasteiger partial charge in [0, 0.05) is 12.8 Å². The highest BCUT2D eigenvalue weighted by Crippen LogP contribution is 2.25. The van der Waals surface area contributed by atoms with Crippen molar-refractivity contribution in [1.29, 1.82) is 0 Å². The van der Waals surface area contributed by atoms with Gasteiger partial charge in [0.15, 0.2) is 0 Å². The van der Waals surface area contributed by atoms with Crippen molar-refractivity contribution in [3.05, 3.63) is 24.3 Å². The lowest BCUT2D eigenvalue weighted by atomic mass is 10.0. The fraction of sp³-hybridized carbons (Fsp3) is 0.750. The number of hydrogen-bond acceptors (Lipinski definition) is 5. The van der Waals surface area contributed by atoms with E-state index in [1.54, 1.807) is 6.08 Å². The Morgan fingerprint density at radius 2 is 2.00 bits per heavy atom. The van der Waals surface area contributed by atoms with Crippen LogP contribution < -0.4 is 0 Å². The number of allylic oxidation sites excluding steroid dienone is 1. The molecule has 1 aliphatic heterocycles. The van der Waals surface area contributed by atoms with Crippen molar-refractivity contribution in [1.82, 2.24) is 0 Å². The summed E-state index contributed by atoms with van der Waals surface area (Å²) in [4.78, 5) is 10.5. The molecule has 0 saturated carbocycles. The summed E-state index contributed by atoms with van der Waals surface area (Å²) in [7, 11) is 0. The Kier molecular flexibility index (Phi) is 11.4. The van der Waals surface area contributed by atoms with E-state index in [2.05, 4.69) is 13.0 Å². The quantitative estimate of drug-likeness (QED) is 0.293. The average Bonchev–Trinajstić information content (AvgIpc) is 2.96. The van der Waals surface area contributed by atoms with E-state index in [1.165, 1.54) is 18.9 Å². The second kappa shape index (κ2) is 13.0. The first kappa shape index (κ1) is 22.8. The van der Waals surface area contributed by atoms with Crippen LogP contribution in [0.2, 0.25) is 0 Å². The molecule has 26 heavy (non-hydrogen) atoms. The summed E-state index contributed by atoms with van der Waals surface area (Å²) in [5.41, 5.74) is 0. The van der Waals surface area contributed by atoms with Crippen molar-refractivity contribution in [3.8, 4) is 0 Å². The van der Waals surface area contributed by atoms with Gasteiger partial charge in [0.25, 0.3) is 0 Å². The lowest BCUT2D eigenvalue weighted by Crippen LogP contribution is -2.25. The summed E-state index contributed by atoms with van der Waals surface area (Å²) in [6, 6.07) is 0. The smallest absolute Gasteiger partial charge is 0.303 e. The van der Waals surface area contributed by atoms with Gasteiger partial charge in [0.1, 0.15) is 6.10 Å². The van der Waals surface area contributed by atoms with Crippen LogP contribution in [-0.4, -0.2) is 56.9 Å². The Morgan fingerprint density at radius 3 is 2.69 bits per heavy atom. The topological polar surface area (TPSA) is 107 Å². The molecular weight excluding hydrogens is 336 g/mol. The van der Waals surface area contributed by atoms with E-state index in [-0.39, 0.29) is 6.42 Å². The van der Waals surface area contributed by atoms with E-state index < -0.39 is 36.5 Å². The van der Waals surface area contributed by atoms with Gasteiger partial charge in [0.05, 0.1) is 24.4 Å². The summed E-state index contributed by atoms with van der Waals surface area (Å²) in [5, 5.41) is 38.7. The second-order valence-electron chi connectivity index (χ2n) is 6.95. The van der Waals surface area contributed by atoms with Gasteiger partial charge in [-0.3, -0.25) is 4.79 Å². The van der Waals surface area contributed by atoms with Crippen LogP contribution in [0, 0.1) is 0 Å². The Hall–Kier alpha value is -1.21. The Balaban J connectivity index is 2.32. The van der Waals surface area contributed by atoms with Crippen molar-refractivity contribution in [3.63, 3.8) is 0 Å². The van der Waals surface area contributed by atoms with Crippen molar-refractivity contribution in [2.75, 3.05) is 0 Å². The van der Waals surface area contributed by atoms with Crippen molar-refractivity contribution < 1.29 is 30.0 Å². The highest BCUT2D eigenvalue weighted by Gasteiger charge is 2.35. The normalized spacial score (nSPS) is 25.9. The SMILES string of the molecule is CCCCC/C=C\C[C@@H](O)[C@H]1C[C@@H](O)[C@@H](/C=C/[C@@H](O)CCCC(=O)O)O1. The highest BCUT2D eigenvalue weighted by atomic mass is 16.5. The number of ether oxygens (including phenoxy) is 1. The Morgan fingerprint density at radius 1 is 1.23 bits per heavy atom. The summed E-state index contributed by atoms with van der Waals surface area (Å²) < 4.78 is 5.70.